The third-order valence-corrected chi connectivity index (χ3v) is 7.14. The lowest BCUT2D eigenvalue weighted by atomic mass is 9.99. The Hall–Kier alpha value is -3.88. The zero-order chi connectivity index (χ0) is 30.1. The molecule has 9 nitrogen and oxygen atoms in total. The lowest BCUT2D eigenvalue weighted by Gasteiger charge is -2.33. The van der Waals surface area contributed by atoms with Gasteiger partial charge < -0.3 is 25.6 Å². The van der Waals surface area contributed by atoms with Crippen molar-refractivity contribution in [2.75, 3.05) is 13.7 Å². The zero-order valence-corrected chi connectivity index (χ0v) is 25.0. The van der Waals surface area contributed by atoms with Crippen molar-refractivity contribution < 1.29 is 23.9 Å². The topological polar surface area (TPSA) is 117 Å². The van der Waals surface area contributed by atoms with E-state index in [1.807, 2.05) is 45.0 Å². The van der Waals surface area contributed by atoms with Crippen LogP contribution in [-0.2, 0) is 20.9 Å². The van der Waals surface area contributed by atoms with Crippen LogP contribution in [0.25, 0.3) is 0 Å². The minimum atomic E-state index is -1.16. The third-order valence-electron chi connectivity index (χ3n) is 7.14. The summed E-state index contributed by atoms with van der Waals surface area (Å²) in [6, 6.07) is 12.3. The molecule has 3 N–H and O–H groups in total. The highest BCUT2D eigenvalue weighted by molar-refractivity contribution is 6.01. The summed E-state index contributed by atoms with van der Waals surface area (Å²) >= 11 is 0. The molecule has 0 aliphatic carbocycles. The molecule has 0 fully saturated rings. The SMILES string of the molecule is Cc1ccc(CNC(=O)[C@@H]2CC(=O)N[C@H](CC(C)C)C(=O)N(C)[C@@H](CC(C)C)COc3ccccc3C(=O)N2)cc1. The van der Waals surface area contributed by atoms with E-state index in [0.717, 1.165) is 11.1 Å². The van der Waals surface area contributed by atoms with Crippen molar-refractivity contribution in [3.05, 3.63) is 65.2 Å². The van der Waals surface area contributed by atoms with Crippen LogP contribution in [0, 0.1) is 18.8 Å². The minimum Gasteiger partial charge on any atom is -0.491 e. The van der Waals surface area contributed by atoms with E-state index >= 15 is 0 Å². The van der Waals surface area contributed by atoms with E-state index in [9.17, 15) is 19.2 Å². The van der Waals surface area contributed by atoms with Crippen LogP contribution in [0.2, 0.25) is 0 Å². The summed E-state index contributed by atoms with van der Waals surface area (Å²) in [5.41, 5.74) is 2.24. The number of aryl methyl sites for hydroxylation is 1. The lowest BCUT2D eigenvalue weighted by Crippen LogP contribution is -2.54. The van der Waals surface area contributed by atoms with Gasteiger partial charge in [0.2, 0.25) is 17.7 Å². The number of hydrogen-bond acceptors (Lipinski definition) is 5. The Bertz CT molecular complexity index is 1210. The van der Waals surface area contributed by atoms with Gasteiger partial charge >= 0.3 is 0 Å². The summed E-state index contributed by atoms with van der Waals surface area (Å²) in [5, 5.41) is 8.42. The molecule has 1 aliphatic rings. The monoisotopic (exact) mass is 564 g/mol. The van der Waals surface area contributed by atoms with Crippen molar-refractivity contribution >= 4 is 23.6 Å². The Labute approximate surface area is 243 Å². The Morgan fingerprint density at radius 1 is 0.976 bits per heavy atom. The van der Waals surface area contributed by atoms with Gasteiger partial charge in [0.15, 0.2) is 0 Å². The number of hydrogen-bond donors (Lipinski definition) is 3. The van der Waals surface area contributed by atoms with Gasteiger partial charge in [0, 0.05) is 13.6 Å². The fourth-order valence-electron chi connectivity index (χ4n) is 4.87. The molecule has 2 aromatic carbocycles. The molecule has 222 valence electrons. The fraction of sp³-hybridized carbons (Fsp3) is 0.500. The first-order valence-corrected chi connectivity index (χ1v) is 14.4. The van der Waals surface area contributed by atoms with Crippen LogP contribution in [0.1, 0.15) is 68.4 Å². The molecule has 9 heteroatoms. The number of rotatable bonds is 7. The Morgan fingerprint density at radius 3 is 2.29 bits per heavy atom. The molecule has 0 unspecified atom stereocenters. The molecule has 3 atom stereocenters. The van der Waals surface area contributed by atoms with E-state index < -0.39 is 29.8 Å². The Morgan fingerprint density at radius 2 is 1.63 bits per heavy atom. The quantitative estimate of drug-likeness (QED) is 0.475. The number of carbonyl (C=O) groups is 4. The number of amides is 4. The first-order chi connectivity index (χ1) is 19.4. The van der Waals surface area contributed by atoms with Gasteiger partial charge in [-0.05, 0) is 49.3 Å². The summed E-state index contributed by atoms with van der Waals surface area (Å²) in [5.74, 6) is -0.958. The maximum absolute atomic E-state index is 13.7. The van der Waals surface area contributed by atoms with Crippen LogP contribution in [-0.4, -0.2) is 60.3 Å². The Kier molecular flexibility index (Phi) is 11.3. The normalized spacial score (nSPS) is 20.5. The highest BCUT2D eigenvalue weighted by Crippen LogP contribution is 2.22. The molecule has 41 heavy (non-hydrogen) atoms. The molecular weight excluding hydrogens is 520 g/mol. The van der Waals surface area contributed by atoms with Crippen molar-refractivity contribution in [3.8, 4) is 5.75 Å². The molecule has 0 bridgehead atoms. The standard InChI is InChI=1S/C32H44N4O5/c1-20(2)15-24-19-41-28-10-8-7-9-25(28)30(38)35-26(31(39)33-18-23-13-11-22(5)12-14-23)17-29(37)34-27(16-21(3)4)32(40)36(24)6/h7-14,20-21,24,26-27H,15-19H2,1-6H3,(H,33,39)(H,34,37)(H,35,38)/t24-,26-,27+/m0/s1. The van der Waals surface area contributed by atoms with Gasteiger partial charge in [-0.25, -0.2) is 0 Å². The van der Waals surface area contributed by atoms with E-state index in [0.29, 0.717) is 18.6 Å². The molecule has 0 radical (unpaired) electrons. The van der Waals surface area contributed by atoms with Crippen LogP contribution in [0.4, 0.5) is 0 Å². The first kappa shape index (κ1) is 31.6. The Balaban J connectivity index is 1.93. The highest BCUT2D eigenvalue weighted by atomic mass is 16.5. The fourth-order valence-corrected chi connectivity index (χ4v) is 4.87. The summed E-state index contributed by atoms with van der Waals surface area (Å²) < 4.78 is 6.14. The van der Waals surface area contributed by atoms with Crippen molar-refractivity contribution in [2.24, 2.45) is 11.8 Å². The van der Waals surface area contributed by atoms with E-state index in [1.54, 1.807) is 36.2 Å². The molecular formula is C32H44N4O5. The van der Waals surface area contributed by atoms with Crippen LogP contribution in [0.3, 0.4) is 0 Å². The van der Waals surface area contributed by atoms with Crippen LogP contribution >= 0.6 is 0 Å². The van der Waals surface area contributed by atoms with Crippen molar-refractivity contribution in [3.63, 3.8) is 0 Å². The molecule has 4 amide bonds. The van der Waals surface area contributed by atoms with Crippen LogP contribution in [0.5, 0.6) is 5.75 Å². The predicted molar refractivity (Wildman–Crippen MR) is 158 cm³/mol. The smallest absolute Gasteiger partial charge is 0.255 e. The second-order valence-corrected chi connectivity index (χ2v) is 11.7. The van der Waals surface area contributed by atoms with Crippen molar-refractivity contribution in [2.45, 2.75) is 78.6 Å². The van der Waals surface area contributed by atoms with E-state index in [1.165, 1.54) is 0 Å². The summed E-state index contributed by atoms with van der Waals surface area (Å²) in [4.78, 5) is 55.4. The third kappa shape index (κ3) is 9.33. The number of carbonyl (C=O) groups excluding carboxylic acids is 4. The number of ether oxygens (including phenoxy) is 1. The minimum absolute atomic E-state index is 0.136. The summed E-state index contributed by atoms with van der Waals surface area (Å²) in [6.45, 7) is 10.5. The molecule has 1 heterocycles. The average molecular weight is 565 g/mol. The van der Waals surface area contributed by atoms with E-state index in [2.05, 4.69) is 29.8 Å². The summed E-state index contributed by atoms with van der Waals surface area (Å²) in [6.07, 6.45) is 0.793. The molecule has 1 aliphatic heterocycles. The lowest BCUT2D eigenvalue weighted by molar-refractivity contribution is -0.138. The average Bonchev–Trinajstić information content (AvgIpc) is 2.92. The number of nitrogens with one attached hydrogen (secondary N) is 3. The number of nitrogens with zero attached hydrogens (tertiary/aromatic N) is 1. The number of likely N-dealkylation sites (N-methyl/N-ethyl adjacent to an activating group) is 1. The largest absolute Gasteiger partial charge is 0.491 e. The molecule has 0 aromatic heterocycles. The molecule has 0 saturated heterocycles. The number of para-hydroxylation sites is 1. The van der Waals surface area contributed by atoms with Crippen LogP contribution < -0.4 is 20.7 Å². The van der Waals surface area contributed by atoms with Gasteiger partial charge in [-0.15, -0.1) is 0 Å². The van der Waals surface area contributed by atoms with Crippen molar-refractivity contribution in [1.82, 2.24) is 20.9 Å². The van der Waals surface area contributed by atoms with Crippen molar-refractivity contribution in [1.29, 1.82) is 0 Å². The van der Waals surface area contributed by atoms with Crippen LogP contribution in [0.15, 0.2) is 48.5 Å². The number of fused-ring (bicyclic) bond motifs is 1. The van der Waals surface area contributed by atoms with Gasteiger partial charge in [-0.3, -0.25) is 19.2 Å². The highest BCUT2D eigenvalue weighted by Gasteiger charge is 2.32. The maximum atomic E-state index is 13.7. The van der Waals surface area contributed by atoms with Gasteiger partial charge in [0.05, 0.1) is 18.0 Å². The zero-order valence-electron chi connectivity index (χ0n) is 25.0. The van der Waals surface area contributed by atoms with E-state index in [4.69, 9.17) is 4.74 Å². The molecule has 2 aromatic rings. The summed E-state index contributed by atoms with van der Waals surface area (Å²) in [7, 11) is 1.73. The van der Waals surface area contributed by atoms with Gasteiger partial charge in [-0.2, -0.15) is 0 Å². The molecule has 0 saturated carbocycles. The second kappa shape index (κ2) is 14.7. The molecule has 3 rings (SSSR count). The maximum Gasteiger partial charge on any atom is 0.255 e. The van der Waals surface area contributed by atoms with Gasteiger partial charge in [-0.1, -0.05) is 69.7 Å². The first-order valence-electron chi connectivity index (χ1n) is 14.4. The predicted octanol–water partition coefficient (Wildman–Crippen LogP) is 3.60. The number of benzene rings is 2. The second-order valence-electron chi connectivity index (χ2n) is 11.7. The van der Waals surface area contributed by atoms with E-state index in [-0.39, 0.29) is 48.9 Å². The van der Waals surface area contributed by atoms with Gasteiger partial charge in [0.25, 0.3) is 5.91 Å². The van der Waals surface area contributed by atoms with Gasteiger partial charge in [0.1, 0.15) is 24.4 Å². The molecule has 0 spiro atoms.